The lowest BCUT2D eigenvalue weighted by Gasteiger charge is -2.12. The molecular weight excluding hydrogens is 353 g/mol. The molecule has 23 heavy (non-hydrogen) atoms. The van der Waals surface area contributed by atoms with Gasteiger partial charge in [-0.25, -0.2) is 18.6 Å². The Labute approximate surface area is 139 Å². The normalized spacial score (nSPS) is 10.7. The molecule has 5 nitrogen and oxygen atoms in total. The number of carboxylic acid groups (broad SMARTS) is 1. The Morgan fingerprint density at radius 2 is 2.00 bits per heavy atom. The number of rotatable bonds is 4. The van der Waals surface area contributed by atoms with Gasteiger partial charge in [-0.15, -0.1) is 0 Å². The number of halogens is 4. The first-order valence-electron chi connectivity index (χ1n) is 6.15. The molecule has 0 atom stereocenters. The van der Waals surface area contributed by atoms with Crippen molar-refractivity contribution in [2.75, 3.05) is 12.8 Å². The first-order valence-corrected chi connectivity index (χ1v) is 6.91. The van der Waals surface area contributed by atoms with E-state index in [-0.39, 0.29) is 28.5 Å². The summed E-state index contributed by atoms with van der Waals surface area (Å²) >= 11 is 11.4. The standard InChI is InChI=1S/C14H10Cl2F2N2O3/c1-23-13-6(15)3-2-5(9(13)17)4-7-10(18)11(19)8(16)12(20-7)14(21)22/h2-3H,4H2,1H3,(H2,19,20)(H,21,22). The number of pyridine rings is 1. The van der Waals surface area contributed by atoms with Gasteiger partial charge in [-0.3, -0.25) is 0 Å². The van der Waals surface area contributed by atoms with Crippen molar-refractivity contribution in [2.45, 2.75) is 6.42 Å². The molecule has 9 heteroatoms. The van der Waals surface area contributed by atoms with Crippen molar-refractivity contribution in [1.82, 2.24) is 4.98 Å². The van der Waals surface area contributed by atoms with E-state index in [1.807, 2.05) is 0 Å². The van der Waals surface area contributed by atoms with Gasteiger partial charge in [0.25, 0.3) is 0 Å². The van der Waals surface area contributed by atoms with Gasteiger partial charge in [-0.1, -0.05) is 29.3 Å². The molecule has 2 rings (SSSR count). The number of nitrogens with zero attached hydrogens (tertiary/aromatic N) is 1. The quantitative estimate of drug-likeness (QED) is 0.868. The highest BCUT2D eigenvalue weighted by molar-refractivity contribution is 6.35. The minimum atomic E-state index is -1.47. The van der Waals surface area contributed by atoms with Gasteiger partial charge < -0.3 is 15.6 Å². The predicted molar refractivity (Wildman–Crippen MR) is 81.3 cm³/mol. The van der Waals surface area contributed by atoms with Crippen LogP contribution in [0.25, 0.3) is 0 Å². The molecule has 1 aromatic carbocycles. The second-order valence-electron chi connectivity index (χ2n) is 4.48. The van der Waals surface area contributed by atoms with E-state index < -0.39 is 34.0 Å². The third kappa shape index (κ3) is 3.16. The molecule has 0 saturated heterocycles. The molecule has 0 bridgehead atoms. The molecule has 1 aromatic heterocycles. The van der Waals surface area contributed by atoms with Gasteiger partial charge in [0.05, 0.1) is 28.5 Å². The lowest BCUT2D eigenvalue weighted by atomic mass is 10.1. The summed E-state index contributed by atoms with van der Waals surface area (Å²) in [6.07, 6.45) is -0.354. The lowest BCUT2D eigenvalue weighted by molar-refractivity contribution is 0.0690. The Kier molecular flexibility index (Phi) is 4.91. The molecule has 122 valence electrons. The molecule has 1 heterocycles. The van der Waals surface area contributed by atoms with Crippen molar-refractivity contribution >= 4 is 34.9 Å². The SMILES string of the molecule is COc1c(Cl)ccc(Cc2nc(C(=O)O)c(Cl)c(N)c2F)c1F. The van der Waals surface area contributed by atoms with Crippen molar-refractivity contribution in [3.05, 3.63) is 50.8 Å². The Morgan fingerprint density at radius 1 is 1.35 bits per heavy atom. The molecule has 3 N–H and O–H groups in total. The Balaban J connectivity index is 2.55. The number of aromatic carboxylic acids is 1. The molecule has 0 amide bonds. The summed E-state index contributed by atoms with van der Waals surface area (Å²) < 4.78 is 33.2. The molecular formula is C14H10Cl2F2N2O3. The summed E-state index contributed by atoms with van der Waals surface area (Å²) in [5.41, 5.74) is 3.93. The smallest absolute Gasteiger partial charge is 0.356 e. The van der Waals surface area contributed by atoms with E-state index in [0.717, 1.165) is 0 Å². The first kappa shape index (κ1) is 17.2. The van der Waals surface area contributed by atoms with Crippen LogP contribution in [-0.4, -0.2) is 23.2 Å². The molecule has 0 saturated carbocycles. The van der Waals surface area contributed by atoms with Gasteiger partial charge in [0.2, 0.25) is 0 Å². The van der Waals surface area contributed by atoms with Gasteiger partial charge in [-0.05, 0) is 11.6 Å². The molecule has 0 spiro atoms. The molecule has 0 fully saturated rings. The molecule has 0 aliphatic rings. The Hall–Kier alpha value is -2.12. The van der Waals surface area contributed by atoms with Crippen molar-refractivity contribution < 1.29 is 23.4 Å². The van der Waals surface area contributed by atoms with Crippen LogP contribution in [0, 0.1) is 11.6 Å². The largest absolute Gasteiger partial charge is 0.492 e. The fourth-order valence-corrected chi connectivity index (χ4v) is 2.38. The number of anilines is 1. The fourth-order valence-electron chi connectivity index (χ4n) is 1.95. The van der Waals surface area contributed by atoms with Crippen LogP contribution < -0.4 is 10.5 Å². The third-order valence-electron chi connectivity index (χ3n) is 3.07. The summed E-state index contributed by atoms with van der Waals surface area (Å²) in [6.45, 7) is 0. The number of nitrogen functional groups attached to an aromatic ring is 1. The number of benzene rings is 1. The summed E-state index contributed by atoms with van der Waals surface area (Å²) in [6, 6.07) is 2.68. The van der Waals surface area contributed by atoms with Gasteiger partial charge in [0, 0.05) is 6.42 Å². The highest BCUT2D eigenvalue weighted by Crippen LogP contribution is 2.32. The summed E-state index contributed by atoms with van der Waals surface area (Å²) in [4.78, 5) is 14.7. The number of methoxy groups -OCH3 is 1. The number of carboxylic acids is 1. The van der Waals surface area contributed by atoms with Crippen molar-refractivity contribution in [3.63, 3.8) is 0 Å². The fraction of sp³-hybridized carbons (Fsp3) is 0.143. The number of carbonyl (C=O) groups is 1. The zero-order chi connectivity index (χ0) is 17.3. The van der Waals surface area contributed by atoms with Crippen LogP contribution in [0.3, 0.4) is 0 Å². The maximum atomic E-state index is 14.3. The third-order valence-corrected chi connectivity index (χ3v) is 3.75. The number of ether oxygens (including phenoxy) is 1. The van der Waals surface area contributed by atoms with E-state index in [4.69, 9.17) is 38.8 Å². The monoisotopic (exact) mass is 362 g/mol. The zero-order valence-corrected chi connectivity index (χ0v) is 13.2. The number of nitrogens with two attached hydrogens (primary N) is 1. The van der Waals surface area contributed by atoms with Crippen LogP contribution in [0.1, 0.15) is 21.7 Å². The highest BCUT2D eigenvalue weighted by Gasteiger charge is 2.22. The zero-order valence-electron chi connectivity index (χ0n) is 11.7. The number of hydrogen-bond acceptors (Lipinski definition) is 4. The second kappa shape index (κ2) is 6.55. The summed E-state index contributed by atoms with van der Waals surface area (Å²) in [5.74, 6) is -3.48. The average molecular weight is 363 g/mol. The van der Waals surface area contributed by atoms with Crippen molar-refractivity contribution in [2.24, 2.45) is 0 Å². The lowest BCUT2D eigenvalue weighted by Crippen LogP contribution is -2.11. The van der Waals surface area contributed by atoms with Crippen molar-refractivity contribution in [3.8, 4) is 5.75 Å². The molecule has 0 aliphatic heterocycles. The van der Waals surface area contributed by atoms with E-state index in [2.05, 4.69) is 4.98 Å². The Bertz CT molecular complexity index is 800. The van der Waals surface area contributed by atoms with Crippen molar-refractivity contribution in [1.29, 1.82) is 0 Å². The van der Waals surface area contributed by atoms with E-state index in [1.165, 1.54) is 19.2 Å². The van der Waals surface area contributed by atoms with Crippen LogP contribution in [0.4, 0.5) is 14.5 Å². The number of hydrogen-bond donors (Lipinski definition) is 2. The molecule has 2 aromatic rings. The summed E-state index contributed by atoms with van der Waals surface area (Å²) in [5, 5.41) is 8.55. The maximum Gasteiger partial charge on any atom is 0.356 e. The van der Waals surface area contributed by atoms with Gasteiger partial charge >= 0.3 is 5.97 Å². The van der Waals surface area contributed by atoms with E-state index in [1.54, 1.807) is 0 Å². The van der Waals surface area contributed by atoms with Crippen LogP contribution in [-0.2, 0) is 6.42 Å². The molecule has 0 unspecified atom stereocenters. The van der Waals surface area contributed by atoms with E-state index >= 15 is 0 Å². The van der Waals surface area contributed by atoms with Crippen LogP contribution in [0.2, 0.25) is 10.0 Å². The minimum Gasteiger partial charge on any atom is -0.492 e. The predicted octanol–water partition coefficient (Wildman–Crippen LogP) is 3.55. The minimum absolute atomic E-state index is 0.00992. The van der Waals surface area contributed by atoms with E-state index in [0.29, 0.717) is 0 Å². The van der Waals surface area contributed by atoms with E-state index in [9.17, 15) is 13.6 Å². The van der Waals surface area contributed by atoms with Crippen LogP contribution in [0.15, 0.2) is 12.1 Å². The van der Waals surface area contributed by atoms with Gasteiger partial charge in [0.1, 0.15) is 0 Å². The highest BCUT2D eigenvalue weighted by atomic mass is 35.5. The topological polar surface area (TPSA) is 85.4 Å². The van der Waals surface area contributed by atoms with Crippen LogP contribution >= 0.6 is 23.2 Å². The maximum absolute atomic E-state index is 14.3. The average Bonchev–Trinajstić information content (AvgIpc) is 2.50. The first-order chi connectivity index (χ1) is 10.8. The summed E-state index contributed by atoms with van der Waals surface area (Å²) in [7, 11) is 1.23. The molecule has 0 radical (unpaired) electrons. The number of aromatic nitrogens is 1. The van der Waals surface area contributed by atoms with Gasteiger partial charge in [-0.2, -0.15) is 0 Å². The molecule has 0 aliphatic carbocycles. The van der Waals surface area contributed by atoms with Crippen LogP contribution in [0.5, 0.6) is 5.75 Å². The van der Waals surface area contributed by atoms with Gasteiger partial charge in [0.15, 0.2) is 23.1 Å². The second-order valence-corrected chi connectivity index (χ2v) is 5.27. The Morgan fingerprint density at radius 3 is 2.57 bits per heavy atom.